The molecule has 128 valence electrons. The summed E-state index contributed by atoms with van der Waals surface area (Å²) in [5.74, 6) is -0.454. The average molecular weight is 331 g/mol. The molecule has 0 N–H and O–H groups in total. The van der Waals surface area contributed by atoms with Crippen molar-refractivity contribution >= 4 is 17.7 Å². The molecule has 2 aliphatic rings. The monoisotopic (exact) mass is 331 g/mol. The number of para-hydroxylation sites is 1. The van der Waals surface area contributed by atoms with E-state index in [9.17, 15) is 9.59 Å². The van der Waals surface area contributed by atoms with Crippen LogP contribution in [0.15, 0.2) is 36.4 Å². The van der Waals surface area contributed by atoms with Gasteiger partial charge in [0.1, 0.15) is 5.60 Å². The van der Waals surface area contributed by atoms with Crippen LogP contribution in [0.1, 0.15) is 32.8 Å². The van der Waals surface area contributed by atoms with Crippen LogP contribution in [0.3, 0.4) is 0 Å². The molecule has 24 heavy (non-hydrogen) atoms. The van der Waals surface area contributed by atoms with E-state index in [2.05, 4.69) is 0 Å². The van der Waals surface area contributed by atoms with E-state index in [1.54, 1.807) is 45.0 Å². The number of rotatable bonds is 1. The molecular formula is C18H21NO5. The number of hydrogen-bond acceptors (Lipinski definition) is 5. The lowest BCUT2D eigenvalue weighted by molar-refractivity contribution is -0.190. The first-order valence-electron chi connectivity index (χ1n) is 7.83. The highest BCUT2D eigenvalue weighted by molar-refractivity contribution is 6.20. The number of carbonyl (C=O) groups excluding carboxylic acids is 2. The topological polar surface area (TPSA) is 65.1 Å². The Kier molecular flexibility index (Phi) is 3.97. The maximum Gasteiger partial charge on any atom is 0.421 e. The number of benzene rings is 1. The van der Waals surface area contributed by atoms with Crippen LogP contribution in [0, 0.1) is 0 Å². The van der Waals surface area contributed by atoms with Crippen molar-refractivity contribution in [2.24, 2.45) is 0 Å². The quantitative estimate of drug-likeness (QED) is 0.740. The lowest BCUT2D eigenvalue weighted by atomic mass is 9.90. The molecule has 6 heteroatoms. The zero-order valence-corrected chi connectivity index (χ0v) is 14.2. The van der Waals surface area contributed by atoms with Gasteiger partial charge in [0.15, 0.2) is 11.9 Å². The van der Waals surface area contributed by atoms with E-state index in [0.29, 0.717) is 17.7 Å². The van der Waals surface area contributed by atoms with Crippen molar-refractivity contribution in [3.8, 4) is 0 Å². The normalized spacial score (nSPS) is 25.9. The minimum Gasteiger partial charge on any atom is -0.443 e. The number of ether oxygens (including phenoxy) is 3. The van der Waals surface area contributed by atoms with Crippen molar-refractivity contribution < 1.29 is 23.8 Å². The Morgan fingerprint density at radius 2 is 2.04 bits per heavy atom. The number of hydrogen-bond donors (Lipinski definition) is 0. The molecule has 0 saturated heterocycles. The van der Waals surface area contributed by atoms with Gasteiger partial charge in [0.05, 0.1) is 5.69 Å². The van der Waals surface area contributed by atoms with E-state index in [1.807, 2.05) is 12.1 Å². The zero-order chi connectivity index (χ0) is 17.5. The van der Waals surface area contributed by atoms with Crippen molar-refractivity contribution in [2.45, 2.75) is 44.7 Å². The van der Waals surface area contributed by atoms with Crippen LogP contribution >= 0.6 is 0 Å². The van der Waals surface area contributed by atoms with Crippen molar-refractivity contribution in [1.82, 2.24) is 0 Å². The summed E-state index contributed by atoms with van der Waals surface area (Å²) in [5, 5.41) is 0. The first-order valence-corrected chi connectivity index (χ1v) is 7.83. The van der Waals surface area contributed by atoms with E-state index < -0.39 is 29.5 Å². The Morgan fingerprint density at radius 1 is 1.33 bits per heavy atom. The Balaban J connectivity index is 2.05. The highest BCUT2D eigenvalue weighted by Crippen LogP contribution is 2.47. The van der Waals surface area contributed by atoms with Crippen LogP contribution in [0.25, 0.3) is 0 Å². The second kappa shape index (κ2) is 5.72. The fourth-order valence-electron chi connectivity index (χ4n) is 2.97. The van der Waals surface area contributed by atoms with Crippen molar-refractivity contribution in [3.63, 3.8) is 0 Å². The first kappa shape index (κ1) is 16.7. The lowest BCUT2D eigenvalue weighted by Crippen LogP contribution is -2.48. The predicted molar refractivity (Wildman–Crippen MR) is 87.5 cm³/mol. The molecule has 1 aromatic rings. The van der Waals surface area contributed by atoms with Gasteiger partial charge < -0.3 is 14.2 Å². The van der Waals surface area contributed by atoms with E-state index in [4.69, 9.17) is 14.2 Å². The summed E-state index contributed by atoms with van der Waals surface area (Å²) in [6, 6.07) is 7.10. The Labute approximate surface area is 141 Å². The molecule has 0 unspecified atom stereocenters. The van der Waals surface area contributed by atoms with Crippen LogP contribution in [0.5, 0.6) is 0 Å². The second-order valence-electron chi connectivity index (χ2n) is 6.82. The number of fused-ring (bicyclic) bond motifs is 2. The molecule has 0 bridgehead atoms. The second-order valence-corrected chi connectivity index (χ2v) is 6.82. The molecule has 3 rings (SSSR count). The van der Waals surface area contributed by atoms with Gasteiger partial charge in [-0.2, -0.15) is 0 Å². The number of methoxy groups -OCH3 is 1. The molecule has 2 amide bonds. The van der Waals surface area contributed by atoms with Gasteiger partial charge >= 0.3 is 6.09 Å². The largest absolute Gasteiger partial charge is 0.443 e. The number of nitrogens with zero attached hydrogens (tertiary/aromatic N) is 1. The average Bonchev–Trinajstić information content (AvgIpc) is 2.75. The van der Waals surface area contributed by atoms with Crippen LogP contribution in [0.2, 0.25) is 0 Å². The fourth-order valence-corrected chi connectivity index (χ4v) is 2.97. The zero-order valence-electron chi connectivity index (χ0n) is 14.2. The Hall–Kier alpha value is -2.18. The van der Waals surface area contributed by atoms with Gasteiger partial charge in [-0.15, -0.1) is 0 Å². The van der Waals surface area contributed by atoms with Crippen LogP contribution in [-0.4, -0.2) is 31.0 Å². The van der Waals surface area contributed by atoms with E-state index in [-0.39, 0.29) is 0 Å². The summed E-state index contributed by atoms with van der Waals surface area (Å²) < 4.78 is 16.5. The van der Waals surface area contributed by atoms with Gasteiger partial charge in [0.25, 0.3) is 5.91 Å². The molecule has 2 aliphatic heterocycles. The summed E-state index contributed by atoms with van der Waals surface area (Å²) in [4.78, 5) is 26.8. The number of amides is 2. The van der Waals surface area contributed by atoms with Gasteiger partial charge in [-0.1, -0.05) is 24.3 Å². The maximum atomic E-state index is 13.1. The molecule has 1 spiro atoms. The SMILES string of the molecule is CO[C@@H]1C=CC[C@]2(O1)C(=O)N(C(=O)OC(C)(C)C)c1ccccc12. The molecule has 2 atom stereocenters. The van der Waals surface area contributed by atoms with Crippen LogP contribution in [-0.2, 0) is 24.6 Å². The van der Waals surface area contributed by atoms with Gasteiger partial charge in [0.2, 0.25) is 0 Å². The molecular weight excluding hydrogens is 310 g/mol. The van der Waals surface area contributed by atoms with Crippen LogP contribution < -0.4 is 4.90 Å². The number of imide groups is 1. The van der Waals surface area contributed by atoms with Gasteiger partial charge in [0, 0.05) is 19.1 Å². The third-order valence-electron chi connectivity index (χ3n) is 3.95. The van der Waals surface area contributed by atoms with Gasteiger partial charge in [-0.3, -0.25) is 4.79 Å². The summed E-state index contributed by atoms with van der Waals surface area (Å²) >= 11 is 0. The molecule has 0 fully saturated rings. The molecule has 0 saturated carbocycles. The molecule has 1 aromatic carbocycles. The maximum absolute atomic E-state index is 13.1. The minimum atomic E-state index is -1.26. The van der Waals surface area contributed by atoms with E-state index in [0.717, 1.165) is 4.90 Å². The van der Waals surface area contributed by atoms with Gasteiger partial charge in [-0.25, -0.2) is 9.69 Å². The summed E-state index contributed by atoms with van der Waals surface area (Å²) in [6.45, 7) is 5.27. The Bertz CT molecular complexity index is 706. The molecule has 0 aromatic heterocycles. The summed E-state index contributed by atoms with van der Waals surface area (Å²) in [5.41, 5.74) is -0.831. The first-order chi connectivity index (χ1) is 11.3. The summed E-state index contributed by atoms with van der Waals surface area (Å²) in [6.07, 6.45) is 2.57. The fraction of sp³-hybridized carbons (Fsp3) is 0.444. The lowest BCUT2D eigenvalue weighted by Gasteiger charge is -2.33. The molecule has 0 aliphatic carbocycles. The van der Waals surface area contributed by atoms with Gasteiger partial charge in [-0.05, 0) is 32.9 Å². The Morgan fingerprint density at radius 3 is 2.71 bits per heavy atom. The molecule has 2 heterocycles. The number of anilines is 1. The van der Waals surface area contributed by atoms with Crippen molar-refractivity contribution in [1.29, 1.82) is 0 Å². The smallest absolute Gasteiger partial charge is 0.421 e. The van der Waals surface area contributed by atoms with Crippen molar-refractivity contribution in [2.75, 3.05) is 12.0 Å². The van der Waals surface area contributed by atoms with E-state index >= 15 is 0 Å². The van der Waals surface area contributed by atoms with Crippen molar-refractivity contribution in [3.05, 3.63) is 42.0 Å². The van der Waals surface area contributed by atoms with Crippen LogP contribution in [0.4, 0.5) is 10.5 Å². The molecule has 0 radical (unpaired) electrons. The van der Waals surface area contributed by atoms with E-state index in [1.165, 1.54) is 7.11 Å². The summed E-state index contributed by atoms with van der Waals surface area (Å²) in [7, 11) is 1.50. The highest BCUT2D eigenvalue weighted by atomic mass is 16.7. The third kappa shape index (κ3) is 2.61. The molecule has 6 nitrogen and oxygen atoms in total. The minimum absolute atomic E-state index is 0.335. The highest BCUT2D eigenvalue weighted by Gasteiger charge is 2.56. The third-order valence-corrected chi connectivity index (χ3v) is 3.95. The number of carbonyl (C=O) groups is 2. The standard InChI is InChI=1S/C18H21NO5/c1-17(2,3)24-16(21)19-13-9-6-5-8-12(13)18(15(19)20)11-7-10-14(22-4)23-18/h5-10,14H,11H2,1-4H3/t14-,18+/m0/s1. The predicted octanol–water partition coefficient (Wildman–Crippen LogP) is 3.11.